The fourth-order valence-electron chi connectivity index (χ4n) is 2.06. The highest BCUT2D eigenvalue weighted by molar-refractivity contribution is 7.09. The maximum Gasteiger partial charge on any atom is 0.280 e. The molecule has 1 aromatic carbocycles. The summed E-state index contributed by atoms with van der Waals surface area (Å²) in [6.45, 7) is 2.13. The van der Waals surface area contributed by atoms with E-state index in [1.54, 1.807) is 23.5 Å². The molecule has 0 aliphatic rings. The molecular formula is C15H16N2O3S. The molecule has 110 valence electrons. The SMILES string of the molecule is CC(=O)c1cc(N(C)CCc2cccs2)ccc1[N+](=O)[O-]. The van der Waals surface area contributed by atoms with E-state index in [0.717, 1.165) is 18.7 Å². The summed E-state index contributed by atoms with van der Waals surface area (Å²) in [4.78, 5) is 25.3. The highest BCUT2D eigenvalue weighted by atomic mass is 32.1. The highest BCUT2D eigenvalue weighted by Gasteiger charge is 2.18. The summed E-state index contributed by atoms with van der Waals surface area (Å²) in [6, 6.07) is 8.76. The molecule has 0 unspecified atom stereocenters. The van der Waals surface area contributed by atoms with Crippen molar-refractivity contribution in [2.24, 2.45) is 0 Å². The van der Waals surface area contributed by atoms with Crippen molar-refractivity contribution >= 4 is 28.5 Å². The van der Waals surface area contributed by atoms with Crippen LogP contribution in [0.2, 0.25) is 0 Å². The number of hydrogen-bond acceptors (Lipinski definition) is 5. The highest BCUT2D eigenvalue weighted by Crippen LogP contribution is 2.25. The lowest BCUT2D eigenvalue weighted by molar-refractivity contribution is -0.385. The second-order valence-electron chi connectivity index (χ2n) is 4.77. The number of likely N-dealkylation sites (N-methyl/N-ethyl adjacent to an activating group) is 1. The molecule has 0 aliphatic heterocycles. The van der Waals surface area contributed by atoms with Crippen LogP contribution in [0.3, 0.4) is 0 Å². The summed E-state index contributed by atoms with van der Waals surface area (Å²) >= 11 is 1.70. The lowest BCUT2D eigenvalue weighted by Crippen LogP contribution is -2.20. The van der Waals surface area contributed by atoms with E-state index in [4.69, 9.17) is 0 Å². The molecule has 6 heteroatoms. The van der Waals surface area contributed by atoms with Crippen molar-refractivity contribution in [3.8, 4) is 0 Å². The predicted octanol–water partition coefficient (Wildman–Crippen LogP) is 3.54. The van der Waals surface area contributed by atoms with Crippen LogP contribution in [0.4, 0.5) is 11.4 Å². The minimum Gasteiger partial charge on any atom is -0.374 e. The quantitative estimate of drug-likeness (QED) is 0.465. The van der Waals surface area contributed by atoms with Crippen molar-refractivity contribution < 1.29 is 9.72 Å². The fraction of sp³-hybridized carbons (Fsp3) is 0.267. The van der Waals surface area contributed by atoms with E-state index < -0.39 is 4.92 Å². The number of hydrogen-bond donors (Lipinski definition) is 0. The van der Waals surface area contributed by atoms with Crippen molar-refractivity contribution in [1.82, 2.24) is 0 Å². The third kappa shape index (κ3) is 3.66. The predicted molar refractivity (Wildman–Crippen MR) is 84.4 cm³/mol. The molecule has 1 aromatic heterocycles. The number of nitro groups is 1. The van der Waals surface area contributed by atoms with E-state index in [9.17, 15) is 14.9 Å². The molecule has 0 N–H and O–H groups in total. The summed E-state index contributed by atoms with van der Waals surface area (Å²) in [5.41, 5.74) is 0.820. The number of nitro benzene ring substituents is 1. The van der Waals surface area contributed by atoms with Gasteiger partial charge in [-0.1, -0.05) is 6.07 Å². The standard InChI is InChI=1S/C15H16N2O3S/c1-11(18)14-10-12(5-6-15(14)17(19)20)16(2)8-7-13-4-3-9-21-13/h3-6,9-10H,7-8H2,1-2H3. The zero-order chi connectivity index (χ0) is 15.4. The average molecular weight is 304 g/mol. The van der Waals surface area contributed by atoms with Gasteiger partial charge in [0.05, 0.1) is 10.5 Å². The lowest BCUT2D eigenvalue weighted by Gasteiger charge is -2.19. The van der Waals surface area contributed by atoms with Gasteiger partial charge in [0.15, 0.2) is 5.78 Å². The van der Waals surface area contributed by atoms with Crippen LogP contribution < -0.4 is 4.90 Å². The molecule has 21 heavy (non-hydrogen) atoms. The number of ketones is 1. The molecule has 2 rings (SSSR count). The molecule has 0 fully saturated rings. The first-order valence-electron chi connectivity index (χ1n) is 6.52. The Morgan fingerprint density at radius 1 is 1.38 bits per heavy atom. The number of anilines is 1. The van der Waals surface area contributed by atoms with E-state index in [1.807, 2.05) is 23.4 Å². The Hall–Kier alpha value is -2.21. The van der Waals surface area contributed by atoms with Gasteiger partial charge in [-0.25, -0.2) is 0 Å². The molecule has 0 bridgehead atoms. The first-order chi connectivity index (χ1) is 9.99. The number of carbonyl (C=O) groups excluding carboxylic acids is 1. The first kappa shape index (κ1) is 15.2. The second-order valence-corrected chi connectivity index (χ2v) is 5.80. The van der Waals surface area contributed by atoms with Gasteiger partial charge in [-0.3, -0.25) is 14.9 Å². The Balaban J connectivity index is 2.17. The minimum absolute atomic E-state index is 0.141. The maximum absolute atomic E-state index is 11.6. The van der Waals surface area contributed by atoms with Gasteiger partial charge in [0, 0.05) is 30.2 Å². The van der Waals surface area contributed by atoms with Crippen LogP contribution in [-0.2, 0) is 6.42 Å². The zero-order valence-electron chi connectivity index (χ0n) is 11.9. The van der Waals surface area contributed by atoms with Crippen LogP contribution in [0.1, 0.15) is 22.2 Å². The number of thiophene rings is 1. The van der Waals surface area contributed by atoms with E-state index in [0.29, 0.717) is 0 Å². The number of carbonyl (C=O) groups is 1. The maximum atomic E-state index is 11.6. The van der Waals surface area contributed by atoms with Crippen molar-refractivity contribution in [2.45, 2.75) is 13.3 Å². The monoisotopic (exact) mass is 304 g/mol. The molecule has 0 saturated heterocycles. The summed E-state index contributed by atoms with van der Waals surface area (Å²) in [6.07, 6.45) is 0.903. The molecule has 0 amide bonds. The van der Waals surface area contributed by atoms with Gasteiger partial charge in [0.25, 0.3) is 5.69 Å². The first-order valence-corrected chi connectivity index (χ1v) is 7.40. The van der Waals surface area contributed by atoms with E-state index >= 15 is 0 Å². The van der Waals surface area contributed by atoms with Gasteiger partial charge in [0.1, 0.15) is 0 Å². The van der Waals surface area contributed by atoms with Crippen LogP contribution in [0.15, 0.2) is 35.7 Å². The number of rotatable bonds is 6. The van der Waals surface area contributed by atoms with Crippen LogP contribution in [0.5, 0.6) is 0 Å². The molecular weight excluding hydrogens is 288 g/mol. The molecule has 0 aliphatic carbocycles. The third-order valence-electron chi connectivity index (χ3n) is 3.27. The van der Waals surface area contributed by atoms with E-state index in [2.05, 4.69) is 6.07 Å². The summed E-state index contributed by atoms with van der Waals surface area (Å²) in [5, 5.41) is 13.0. The Labute approximate surface area is 127 Å². The van der Waals surface area contributed by atoms with Gasteiger partial charge < -0.3 is 4.90 Å². The van der Waals surface area contributed by atoms with Crippen LogP contribution in [0, 0.1) is 10.1 Å². The molecule has 0 spiro atoms. The van der Waals surface area contributed by atoms with Gasteiger partial charge in [0.2, 0.25) is 0 Å². The largest absolute Gasteiger partial charge is 0.374 e. The smallest absolute Gasteiger partial charge is 0.280 e. The van der Waals surface area contributed by atoms with Crippen molar-refractivity contribution in [3.05, 3.63) is 56.3 Å². The Morgan fingerprint density at radius 2 is 2.14 bits per heavy atom. The van der Waals surface area contributed by atoms with E-state index in [1.165, 1.54) is 17.9 Å². The Morgan fingerprint density at radius 3 is 2.71 bits per heavy atom. The Kier molecular flexibility index (Phi) is 4.70. The molecule has 2 aromatic rings. The zero-order valence-corrected chi connectivity index (χ0v) is 12.7. The molecule has 5 nitrogen and oxygen atoms in total. The molecule has 0 saturated carbocycles. The summed E-state index contributed by atoms with van der Waals surface area (Å²) < 4.78 is 0. The van der Waals surface area contributed by atoms with Crippen molar-refractivity contribution in [2.75, 3.05) is 18.5 Å². The minimum atomic E-state index is -0.522. The van der Waals surface area contributed by atoms with E-state index in [-0.39, 0.29) is 17.0 Å². The topological polar surface area (TPSA) is 63.5 Å². The average Bonchev–Trinajstić information content (AvgIpc) is 2.97. The van der Waals surface area contributed by atoms with Crippen LogP contribution in [0.25, 0.3) is 0 Å². The normalized spacial score (nSPS) is 10.4. The van der Waals surface area contributed by atoms with Crippen LogP contribution >= 0.6 is 11.3 Å². The van der Waals surface area contributed by atoms with Crippen LogP contribution in [-0.4, -0.2) is 24.3 Å². The van der Waals surface area contributed by atoms with Gasteiger partial charge >= 0.3 is 0 Å². The number of nitrogens with zero attached hydrogens (tertiary/aromatic N) is 2. The Bertz CT molecular complexity index is 653. The summed E-state index contributed by atoms with van der Waals surface area (Å²) in [5.74, 6) is -0.296. The fourth-order valence-corrected chi connectivity index (χ4v) is 2.76. The summed E-state index contributed by atoms with van der Waals surface area (Å²) in [7, 11) is 1.92. The number of Topliss-reactive ketones (excluding diaryl/α,β-unsaturated/α-hetero) is 1. The van der Waals surface area contributed by atoms with Gasteiger partial charge in [-0.15, -0.1) is 11.3 Å². The number of benzene rings is 1. The van der Waals surface area contributed by atoms with Crippen molar-refractivity contribution in [1.29, 1.82) is 0 Å². The molecule has 1 heterocycles. The molecule has 0 radical (unpaired) electrons. The molecule has 0 atom stereocenters. The van der Waals surface area contributed by atoms with Gasteiger partial charge in [-0.2, -0.15) is 0 Å². The van der Waals surface area contributed by atoms with Gasteiger partial charge in [-0.05, 0) is 36.9 Å². The van der Waals surface area contributed by atoms with Crippen molar-refractivity contribution in [3.63, 3.8) is 0 Å². The third-order valence-corrected chi connectivity index (χ3v) is 4.21. The lowest BCUT2D eigenvalue weighted by atomic mass is 10.1. The second kappa shape index (κ2) is 6.49.